The van der Waals surface area contributed by atoms with Crippen molar-refractivity contribution in [3.63, 3.8) is 0 Å². The van der Waals surface area contributed by atoms with E-state index in [9.17, 15) is 35.1 Å². The summed E-state index contributed by atoms with van der Waals surface area (Å²) in [5.41, 5.74) is 2.60. The number of rotatable bonds is 10. The third-order valence-electron chi connectivity index (χ3n) is 9.82. The molecule has 15 nitrogen and oxygen atoms in total. The van der Waals surface area contributed by atoms with Crippen molar-refractivity contribution in [2.45, 2.75) is 55.9 Å². The van der Waals surface area contributed by atoms with E-state index in [1.807, 2.05) is 0 Å². The van der Waals surface area contributed by atoms with Crippen molar-refractivity contribution >= 4 is 18.0 Å². The molecule has 5 N–H and O–H groups in total. The van der Waals surface area contributed by atoms with Crippen LogP contribution in [-0.2, 0) is 35.0 Å². The van der Waals surface area contributed by atoms with Crippen LogP contribution in [0, 0.1) is 11.8 Å². The summed E-state index contributed by atoms with van der Waals surface area (Å²) in [7, 11) is 4.19. The summed E-state index contributed by atoms with van der Waals surface area (Å²) >= 11 is 0. The molecule has 0 bridgehead atoms. The van der Waals surface area contributed by atoms with Crippen LogP contribution in [0.2, 0.25) is 0 Å². The normalized spacial score (nSPS) is 29.9. The summed E-state index contributed by atoms with van der Waals surface area (Å²) in [6.45, 7) is 3.75. The standard InChI is InChI=1S/C36H41NO14/c1-5-19-21-13-23-20-14-24(39)25(45-2)12-18(20)8-9-37(23)34(44)22(21)16-48-35(19)51-36-33(32(43)31(42)28(15-38)49-36)50-29(40)7-6-17-10-26(46-3)30(41)27(11-17)47-4/h5-7,10-12,14,16,19,21,23,28,31-33,35-36,38-39,41-43H,1,8-9,13,15H2,2-4H3/t19-,21+,23-,28-,31-,32+,33-,35+,36+/m1/s1. The van der Waals surface area contributed by atoms with Gasteiger partial charge in [0.25, 0.3) is 5.91 Å². The fourth-order valence-electron chi connectivity index (χ4n) is 7.16. The van der Waals surface area contributed by atoms with E-state index >= 15 is 0 Å². The van der Waals surface area contributed by atoms with Crippen LogP contribution in [0.3, 0.4) is 0 Å². The third kappa shape index (κ3) is 6.70. The number of aliphatic hydroxyl groups excluding tert-OH is 3. The molecule has 2 fully saturated rings. The van der Waals surface area contributed by atoms with E-state index in [4.69, 9.17) is 33.2 Å². The monoisotopic (exact) mass is 711 g/mol. The number of aliphatic hydroxyl groups is 3. The van der Waals surface area contributed by atoms with Crippen molar-refractivity contribution in [1.29, 1.82) is 0 Å². The Balaban J connectivity index is 1.23. The lowest BCUT2D eigenvalue weighted by molar-refractivity contribution is -0.340. The summed E-state index contributed by atoms with van der Waals surface area (Å²) in [5, 5.41) is 52.3. The highest BCUT2D eigenvalue weighted by Crippen LogP contribution is 2.49. The number of carbonyl (C=O) groups excluding carboxylic acids is 2. The van der Waals surface area contributed by atoms with Gasteiger partial charge >= 0.3 is 5.97 Å². The summed E-state index contributed by atoms with van der Waals surface area (Å²) in [6.07, 6.45) is -2.60. The van der Waals surface area contributed by atoms with Crippen LogP contribution < -0.4 is 14.2 Å². The Bertz CT molecular complexity index is 1700. The number of piperidine rings is 1. The summed E-state index contributed by atoms with van der Waals surface area (Å²) in [5.74, 6) is -1.96. The molecule has 51 heavy (non-hydrogen) atoms. The molecule has 0 aromatic heterocycles. The Kier molecular flexibility index (Phi) is 10.5. The van der Waals surface area contributed by atoms with Gasteiger partial charge in [0.1, 0.15) is 18.3 Å². The zero-order valence-electron chi connectivity index (χ0n) is 28.2. The maximum absolute atomic E-state index is 13.8. The molecule has 0 unspecified atom stereocenters. The lowest BCUT2D eigenvalue weighted by atomic mass is 9.73. The minimum atomic E-state index is -1.74. The lowest BCUT2D eigenvalue weighted by Crippen LogP contribution is -2.61. The molecule has 6 rings (SSSR count). The number of amides is 1. The van der Waals surface area contributed by atoms with Crippen LogP contribution in [0.25, 0.3) is 6.08 Å². The Morgan fingerprint density at radius 1 is 1.02 bits per heavy atom. The predicted molar refractivity (Wildman–Crippen MR) is 177 cm³/mol. The van der Waals surface area contributed by atoms with Crippen LogP contribution in [0.15, 0.2) is 54.8 Å². The van der Waals surface area contributed by atoms with Gasteiger partial charge in [0.2, 0.25) is 18.3 Å². The number of phenols is 2. The summed E-state index contributed by atoms with van der Waals surface area (Å²) in [4.78, 5) is 28.6. The highest BCUT2D eigenvalue weighted by molar-refractivity contribution is 5.95. The van der Waals surface area contributed by atoms with Crippen LogP contribution in [0.5, 0.6) is 28.7 Å². The maximum Gasteiger partial charge on any atom is 0.331 e. The first-order valence-electron chi connectivity index (χ1n) is 16.3. The number of hydrogen-bond donors (Lipinski definition) is 5. The number of nitrogens with zero attached hydrogens (tertiary/aromatic N) is 1. The number of fused-ring (bicyclic) bond motifs is 4. The summed E-state index contributed by atoms with van der Waals surface area (Å²) in [6, 6.07) is 5.96. The van der Waals surface area contributed by atoms with Crippen molar-refractivity contribution in [1.82, 2.24) is 4.90 Å². The molecule has 0 aliphatic carbocycles. The molecular weight excluding hydrogens is 670 g/mol. The van der Waals surface area contributed by atoms with E-state index in [0.29, 0.717) is 36.3 Å². The van der Waals surface area contributed by atoms with E-state index in [0.717, 1.165) is 17.2 Å². The van der Waals surface area contributed by atoms with E-state index < -0.39 is 61.4 Å². The molecule has 2 aromatic carbocycles. The maximum atomic E-state index is 13.8. The van der Waals surface area contributed by atoms with E-state index in [1.165, 1.54) is 45.8 Å². The van der Waals surface area contributed by atoms with Gasteiger partial charge in [-0.2, -0.15) is 0 Å². The Labute approximate surface area is 293 Å². The van der Waals surface area contributed by atoms with E-state index in [2.05, 4.69) is 6.58 Å². The molecule has 274 valence electrons. The molecule has 0 radical (unpaired) electrons. The first kappa shape index (κ1) is 36.0. The first-order chi connectivity index (χ1) is 24.5. The molecule has 15 heteroatoms. The number of esters is 1. The third-order valence-corrected chi connectivity index (χ3v) is 9.82. The molecule has 2 aromatic rings. The predicted octanol–water partition coefficient (Wildman–Crippen LogP) is 1.69. The van der Waals surface area contributed by atoms with Gasteiger partial charge in [0.05, 0.1) is 45.8 Å². The van der Waals surface area contributed by atoms with Gasteiger partial charge in [-0.1, -0.05) is 6.08 Å². The molecule has 4 aliphatic heterocycles. The van der Waals surface area contributed by atoms with Gasteiger partial charge < -0.3 is 63.6 Å². The fraction of sp³-hybridized carbons (Fsp3) is 0.444. The van der Waals surface area contributed by atoms with Crippen molar-refractivity contribution in [2.75, 3.05) is 34.5 Å². The van der Waals surface area contributed by atoms with Crippen molar-refractivity contribution < 1.29 is 68.3 Å². The largest absolute Gasteiger partial charge is 0.504 e. The van der Waals surface area contributed by atoms with Crippen molar-refractivity contribution in [3.05, 3.63) is 71.5 Å². The van der Waals surface area contributed by atoms with Gasteiger partial charge in [-0.3, -0.25) is 4.79 Å². The summed E-state index contributed by atoms with van der Waals surface area (Å²) < 4.78 is 39.0. The van der Waals surface area contributed by atoms with Gasteiger partial charge in [-0.25, -0.2) is 4.79 Å². The molecule has 0 saturated carbocycles. The molecular formula is C36H41NO14. The molecule has 4 heterocycles. The number of ether oxygens (including phenoxy) is 7. The Hall–Kier alpha value is -4.80. The minimum absolute atomic E-state index is 0.0353. The number of carbonyl (C=O) groups is 2. The minimum Gasteiger partial charge on any atom is -0.504 e. The Morgan fingerprint density at radius 2 is 1.73 bits per heavy atom. The second kappa shape index (κ2) is 14.8. The number of hydrogen-bond acceptors (Lipinski definition) is 14. The number of methoxy groups -OCH3 is 3. The highest BCUT2D eigenvalue weighted by Gasteiger charge is 2.52. The number of phenolic OH excluding ortho intramolecular Hbond substituents is 2. The van der Waals surface area contributed by atoms with Crippen LogP contribution in [0.1, 0.15) is 29.2 Å². The number of benzene rings is 2. The van der Waals surface area contributed by atoms with Crippen molar-refractivity contribution in [3.8, 4) is 28.7 Å². The topological polar surface area (TPSA) is 203 Å². The average molecular weight is 712 g/mol. The van der Waals surface area contributed by atoms with Crippen LogP contribution in [0.4, 0.5) is 0 Å². The van der Waals surface area contributed by atoms with Crippen LogP contribution >= 0.6 is 0 Å². The van der Waals surface area contributed by atoms with E-state index in [1.54, 1.807) is 23.1 Å². The average Bonchev–Trinajstić information content (AvgIpc) is 3.13. The smallest absolute Gasteiger partial charge is 0.331 e. The molecule has 4 aliphatic rings. The molecule has 0 spiro atoms. The number of aromatic hydroxyl groups is 2. The lowest BCUT2D eigenvalue weighted by Gasteiger charge is -2.49. The molecule has 1 amide bonds. The second-order valence-electron chi connectivity index (χ2n) is 12.6. The zero-order chi connectivity index (χ0) is 36.6. The van der Waals surface area contributed by atoms with Gasteiger partial charge in [-0.15, -0.1) is 6.58 Å². The van der Waals surface area contributed by atoms with Gasteiger partial charge in [0.15, 0.2) is 29.1 Å². The quantitative estimate of drug-likeness (QED) is 0.135. The van der Waals surface area contributed by atoms with E-state index in [-0.39, 0.29) is 34.9 Å². The fourth-order valence-corrected chi connectivity index (χ4v) is 7.16. The molecule has 9 atom stereocenters. The van der Waals surface area contributed by atoms with Crippen molar-refractivity contribution in [2.24, 2.45) is 11.8 Å². The molecule has 2 saturated heterocycles. The zero-order valence-corrected chi connectivity index (χ0v) is 28.2. The van der Waals surface area contributed by atoms with Crippen LogP contribution in [-0.4, -0.2) is 114 Å². The Morgan fingerprint density at radius 3 is 2.37 bits per heavy atom. The first-order valence-corrected chi connectivity index (χ1v) is 16.3. The highest BCUT2D eigenvalue weighted by atomic mass is 16.8. The van der Waals surface area contributed by atoms with Gasteiger partial charge in [-0.05, 0) is 59.9 Å². The second-order valence-corrected chi connectivity index (χ2v) is 12.6. The SMILES string of the molecule is C=C[C@H]1[C@H](O[C@@H]2O[C@H](CO)[C@@H](O)[C@H](O)[C@H]2OC(=O)C=Cc2cc(OC)c(O)c(OC)c2)OC=C2C(=O)N3CCc4cc(OC)c(O)cc4[C@H]3C[C@H]21. The van der Waals surface area contributed by atoms with Gasteiger partial charge in [0, 0.05) is 24.5 Å².